The Kier molecular flexibility index (Phi) is 7.54. The summed E-state index contributed by atoms with van der Waals surface area (Å²) in [7, 11) is 6.89. The Labute approximate surface area is 159 Å². The molecule has 0 saturated heterocycles. The number of hydrogen-bond acceptors (Lipinski definition) is 5. The molecular formula is C18H27FN6O2. The molecule has 0 atom stereocenters. The monoisotopic (exact) mass is 378 g/mol. The first-order valence-corrected chi connectivity index (χ1v) is 8.62. The maximum absolute atomic E-state index is 13.9. The summed E-state index contributed by atoms with van der Waals surface area (Å²) in [5, 5.41) is 11.4. The molecule has 0 aliphatic heterocycles. The first-order valence-electron chi connectivity index (χ1n) is 8.62. The van der Waals surface area contributed by atoms with Crippen LogP contribution < -0.4 is 10.1 Å². The molecule has 0 unspecified atom stereocenters. The summed E-state index contributed by atoms with van der Waals surface area (Å²) in [5.41, 5.74) is 0.812. The number of nitrogens with zero attached hydrogens (tertiary/aromatic N) is 5. The molecule has 27 heavy (non-hydrogen) atoms. The number of ether oxygens (including phenoxy) is 2. The van der Waals surface area contributed by atoms with Crippen molar-refractivity contribution < 1.29 is 13.9 Å². The summed E-state index contributed by atoms with van der Waals surface area (Å²) in [5.74, 6) is 2.11. The SMILES string of the molecule is COCCNC(=NCc1nnc(C)n1C)N(C)Cc1ccc(OC)c(F)c1. The minimum atomic E-state index is -0.385. The van der Waals surface area contributed by atoms with E-state index < -0.39 is 0 Å². The molecule has 0 aliphatic rings. The van der Waals surface area contributed by atoms with Crippen molar-refractivity contribution in [2.24, 2.45) is 12.0 Å². The third kappa shape index (κ3) is 5.65. The van der Waals surface area contributed by atoms with Crippen molar-refractivity contribution >= 4 is 5.96 Å². The molecular weight excluding hydrogens is 351 g/mol. The van der Waals surface area contributed by atoms with Gasteiger partial charge in [0.15, 0.2) is 23.4 Å². The molecule has 148 valence electrons. The van der Waals surface area contributed by atoms with Crippen molar-refractivity contribution in [1.29, 1.82) is 0 Å². The van der Waals surface area contributed by atoms with E-state index in [0.29, 0.717) is 32.2 Å². The predicted octanol–water partition coefficient (Wildman–Crippen LogP) is 1.50. The van der Waals surface area contributed by atoms with Crippen molar-refractivity contribution in [3.63, 3.8) is 0 Å². The Hall–Kier alpha value is -2.68. The Bertz CT molecular complexity index is 777. The smallest absolute Gasteiger partial charge is 0.194 e. The highest BCUT2D eigenvalue weighted by Crippen LogP contribution is 2.18. The lowest BCUT2D eigenvalue weighted by Gasteiger charge is -2.22. The Morgan fingerprint density at radius 1 is 1.33 bits per heavy atom. The molecule has 1 N–H and O–H groups in total. The Balaban J connectivity index is 2.12. The highest BCUT2D eigenvalue weighted by Gasteiger charge is 2.11. The highest BCUT2D eigenvalue weighted by atomic mass is 19.1. The largest absolute Gasteiger partial charge is 0.494 e. The summed E-state index contributed by atoms with van der Waals surface area (Å²) in [6.07, 6.45) is 0. The van der Waals surface area contributed by atoms with Gasteiger partial charge in [-0.05, 0) is 24.6 Å². The maximum atomic E-state index is 13.9. The summed E-state index contributed by atoms with van der Waals surface area (Å²) >= 11 is 0. The number of halogens is 1. The van der Waals surface area contributed by atoms with Gasteiger partial charge in [0.05, 0.1) is 13.7 Å². The van der Waals surface area contributed by atoms with Crippen LogP contribution in [0.3, 0.4) is 0 Å². The molecule has 2 rings (SSSR count). The van der Waals surface area contributed by atoms with Crippen LogP contribution >= 0.6 is 0 Å². The number of benzene rings is 1. The Morgan fingerprint density at radius 2 is 2.11 bits per heavy atom. The van der Waals surface area contributed by atoms with Crippen molar-refractivity contribution in [2.75, 3.05) is 34.4 Å². The first-order chi connectivity index (χ1) is 13.0. The third-order valence-electron chi connectivity index (χ3n) is 4.14. The lowest BCUT2D eigenvalue weighted by atomic mass is 10.2. The molecule has 1 aromatic carbocycles. The van der Waals surface area contributed by atoms with Gasteiger partial charge in [0.1, 0.15) is 12.4 Å². The lowest BCUT2D eigenvalue weighted by molar-refractivity contribution is 0.203. The van der Waals surface area contributed by atoms with Crippen LogP contribution in [0.1, 0.15) is 17.2 Å². The van der Waals surface area contributed by atoms with E-state index in [-0.39, 0.29) is 11.6 Å². The second-order valence-electron chi connectivity index (χ2n) is 6.11. The normalized spacial score (nSPS) is 11.6. The molecule has 1 heterocycles. The summed E-state index contributed by atoms with van der Waals surface area (Å²) in [6, 6.07) is 4.92. The van der Waals surface area contributed by atoms with E-state index in [1.165, 1.54) is 13.2 Å². The number of aromatic nitrogens is 3. The van der Waals surface area contributed by atoms with E-state index in [0.717, 1.165) is 17.2 Å². The topological polar surface area (TPSA) is 76.8 Å². The minimum Gasteiger partial charge on any atom is -0.494 e. The maximum Gasteiger partial charge on any atom is 0.194 e. The highest BCUT2D eigenvalue weighted by molar-refractivity contribution is 5.79. The van der Waals surface area contributed by atoms with Crippen LogP contribution in [0.25, 0.3) is 0 Å². The fourth-order valence-corrected chi connectivity index (χ4v) is 2.47. The van der Waals surface area contributed by atoms with Crippen LogP contribution in [0.5, 0.6) is 5.75 Å². The van der Waals surface area contributed by atoms with Crippen LogP contribution in [0, 0.1) is 12.7 Å². The number of aryl methyl sites for hydroxylation is 1. The molecule has 2 aromatic rings. The number of methoxy groups -OCH3 is 2. The zero-order chi connectivity index (χ0) is 19.8. The van der Waals surface area contributed by atoms with Gasteiger partial charge in [-0.25, -0.2) is 9.38 Å². The van der Waals surface area contributed by atoms with Crippen molar-refractivity contribution in [3.05, 3.63) is 41.2 Å². The molecule has 8 nitrogen and oxygen atoms in total. The third-order valence-corrected chi connectivity index (χ3v) is 4.14. The van der Waals surface area contributed by atoms with Crippen LogP contribution in [-0.4, -0.2) is 60.0 Å². The predicted molar refractivity (Wildman–Crippen MR) is 101 cm³/mol. The number of hydrogen-bond donors (Lipinski definition) is 1. The number of rotatable bonds is 8. The average Bonchev–Trinajstić information content (AvgIpc) is 2.96. The van der Waals surface area contributed by atoms with Gasteiger partial charge in [-0.15, -0.1) is 10.2 Å². The number of nitrogens with one attached hydrogen (secondary N) is 1. The molecule has 0 spiro atoms. The molecule has 0 amide bonds. The molecule has 0 fully saturated rings. The molecule has 0 aliphatic carbocycles. The minimum absolute atomic E-state index is 0.228. The van der Waals surface area contributed by atoms with Gasteiger partial charge in [-0.3, -0.25) is 0 Å². The molecule has 0 bridgehead atoms. The summed E-state index contributed by atoms with van der Waals surface area (Å²) < 4.78 is 25.9. The summed E-state index contributed by atoms with van der Waals surface area (Å²) in [6.45, 7) is 3.91. The Morgan fingerprint density at radius 3 is 2.70 bits per heavy atom. The van der Waals surface area contributed by atoms with Gasteiger partial charge in [-0.2, -0.15) is 0 Å². The van der Waals surface area contributed by atoms with Gasteiger partial charge in [0.25, 0.3) is 0 Å². The van der Waals surface area contributed by atoms with E-state index in [1.807, 2.05) is 36.6 Å². The van der Waals surface area contributed by atoms with Crippen molar-refractivity contribution in [2.45, 2.75) is 20.0 Å². The second kappa shape index (κ2) is 9.86. The summed E-state index contributed by atoms with van der Waals surface area (Å²) in [4.78, 5) is 6.54. The van der Waals surface area contributed by atoms with E-state index in [4.69, 9.17) is 9.47 Å². The van der Waals surface area contributed by atoms with Gasteiger partial charge < -0.3 is 24.3 Å². The van der Waals surface area contributed by atoms with Crippen LogP contribution in [-0.2, 0) is 24.9 Å². The zero-order valence-electron chi connectivity index (χ0n) is 16.5. The fourth-order valence-electron chi connectivity index (χ4n) is 2.47. The van der Waals surface area contributed by atoms with Crippen LogP contribution in [0.15, 0.2) is 23.2 Å². The van der Waals surface area contributed by atoms with Gasteiger partial charge >= 0.3 is 0 Å². The van der Waals surface area contributed by atoms with E-state index in [2.05, 4.69) is 20.5 Å². The van der Waals surface area contributed by atoms with Gasteiger partial charge in [0.2, 0.25) is 0 Å². The van der Waals surface area contributed by atoms with Crippen LogP contribution in [0.4, 0.5) is 4.39 Å². The lowest BCUT2D eigenvalue weighted by Crippen LogP contribution is -2.40. The standard InChI is InChI=1S/C18H27FN6O2/c1-13-22-23-17(25(13)3)11-21-18(20-8-9-26-4)24(2)12-14-6-7-16(27-5)15(19)10-14/h6-7,10H,8-9,11-12H2,1-5H3,(H,20,21). The average molecular weight is 378 g/mol. The van der Waals surface area contributed by atoms with Crippen molar-refractivity contribution in [3.8, 4) is 5.75 Å². The quantitative estimate of drug-likeness (QED) is 0.426. The van der Waals surface area contributed by atoms with Gasteiger partial charge in [-0.1, -0.05) is 6.07 Å². The zero-order valence-corrected chi connectivity index (χ0v) is 16.5. The number of aliphatic imine (C=N–C) groups is 1. The second-order valence-corrected chi connectivity index (χ2v) is 6.11. The van der Waals surface area contributed by atoms with Gasteiger partial charge in [0, 0.05) is 34.3 Å². The van der Waals surface area contributed by atoms with Crippen molar-refractivity contribution in [1.82, 2.24) is 25.0 Å². The van der Waals surface area contributed by atoms with E-state index >= 15 is 0 Å². The molecule has 1 aromatic heterocycles. The molecule has 0 radical (unpaired) electrons. The first kappa shape index (κ1) is 20.6. The van der Waals surface area contributed by atoms with E-state index in [9.17, 15) is 4.39 Å². The number of guanidine groups is 1. The molecule has 0 saturated carbocycles. The van der Waals surface area contributed by atoms with Crippen LogP contribution in [0.2, 0.25) is 0 Å². The fraction of sp³-hybridized carbons (Fsp3) is 0.500. The van der Waals surface area contributed by atoms with E-state index in [1.54, 1.807) is 13.2 Å². The molecule has 9 heteroatoms.